The van der Waals surface area contributed by atoms with Crippen LogP contribution >= 0.6 is 0 Å². The maximum absolute atomic E-state index is 7.61. The first-order chi connectivity index (χ1) is 3.46. The maximum atomic E-state index is 7.61. The Labute approximate surface area is 91.3 Å². The van der Waals surface area contributed by atoms with Crippen molar-refractivity contribution in [1.29, 1.82) is 0 Å². The predicted octanol–water partition coefficient (Wildman–Crippen LogP) is -1.37. The predicted molar refractivity (Wildman–Crippen MR) is 27.8 cm³/mol. The van der Waals surface area contributed by atoms with Gasteiger partial charge in [-0.3, -0.25) is 0 Å². The first-order valence-electron chi connectivity index (χ1n) is 2.19. The molecule has 2 radical (unpaired) electrons. The molecule has 0 atom stereocenters. The normalized spacial score (nSPS) is 7.20. The van der Waals surface area contributed by atoms with Crippen molar-refractivity contribution in [2.45, 2.75) is 26.4 Å². The molecule has 0 bridgehead atoms. The van der Waals surface area contributed by atoms with Gasteiger partial charge >= 0.3 is 0 Å². The third-order valence-corrected chi connectivity index (χ3v) is 0. The Balaban J connectivity index is -0.0000000300. The van der Waals surface area contributed by atoms with E-state index in [2.05, 4.69) is 0 Å². The van der Waals surface area contributed by atoms with Crippen LogP contribution in [0.2, 0.25) is 0 Å². The van der Waals surface area contributed by atoms with Gasteiger partial charge in [0.25, 0.3) is 0 Å². The SMILES string of the molecule is CC(O)O.CC(O)O.[Ag].[Ag]. The van der Waals surface area contributed by atoms with Crippen molar-refractivity contribution >= 4 is 0 Å². The Hall–Kier alpha value is 1.32. The van der Waals surface area contributed by atoms with Crippen molar-refractivity contribution in [3.63, 3.8) is 0 Å². The van der Waals surface area contributed by atoms with Crippen LogP contribution in [0.5, 0.6) is 0 Å². The first kappa shape index (κ1) is 22.5. The minimum Gasteiger partial charge on any atom is -0.368 e. The molecule has 4 nitrogen and oxygen atoms in total. The average Bonchev–Trinajstić information content (AvgIpc) is 1.25. The summed E-state index contributed by atoms with van der Waals surface area (Å²) in [4.78, 5) is 0. The molecule has 0 aromatic carbocycles. The summed E-state index contributed by atoms with van der Waals surface area (Å²) in [6.45, 7) is 2.56. The van der Waals surface area contributed by atoms with Gasteiger partial charge < -0.3 is 20.4 Å². The van der Waals surface area contributed by atoms with Crippen LogP contribution in [-0.2, 0) is 44.8 Å². The molecule has 74 valence electrons. The van der Waals surface area contributed by atoms with Gasteiger partial charge in [0.1, 0.15) is 12.6 Å². The van der Waals surface area contributed by atoms with E-state index in [1.165, 1.54) is 13.8 Å². The van der Waals surface area contributed by atoms with Crippen LogP contribution in [0.3, 0.4) is 0 Å². The zero-order valence-corrected chi connectivity index (χ0v) is 8.51. The summed E-state index contributed by atoms with van der Waals surface area (Å²) in [7, 11) is 0. The van der Waals surface area contributed by atoms with E-state index in [-0.39, 0.29) is 44.8 Å². The Bertz CT molecular complexity index is 30.7. The van der Waals surface area contributed by atoms with Gasteiger partial charge in [-0.25, -0.2) is 0 Å². The summed E-state index contributed by atoms with van der Waals surface area (Å²) in [6, 6.07) is 0. The van der Waals surface area contributed by atoms with Gasteiger partial charge in [-0.1, -0.05) is 0 Å². The fraction of sp³-hybridized carbons (Fsp3) is 1.00. The van der Waals surface area contributed by atoms with Crippen molar-refractivity contribution in [2.75, 3.05) is 0 Å². The topological polar surface area (TPSA) is 80.9 Å². The number of aliphatic hydroxyl groups is 4. The van der Waals surface area contributed by atoms with E-state index in [1.54, 1.807) is 0 Å². The number of hydrogen-bond acceptors (Lipinski definition) is 4. The van der Waals surface area contributed by atoms with Gasteiger partial charge in [-0.05, 0) is 13.8 Å². The Morgan fingerprint density at radius 1 is 0.700 bits per heavy atom. The molecule has 0 spiro atoms. The average molecular weight is 340 g/mol. The molecule has 0 aromatic rings. The van der Waals surface area contributed by atoms with E-state index in [1.807, 2.05) is 0 Å². The minimum absolute atomic E-state index is 0. The number of aliphatic hydroxyl groups excluding tert-OH is 2. The molecule has 0 heterocycles. The van der Waals surface area contributed by atoms with Crippen LogP contribution in [0, 0.1) is 0 Å². The van der Waals surface area contributed by atoms with E-state index in [0.29, 0.717) is 0 Å². The van der Waals surface area contributed by atoms with Gasteiger partial charge in [-0.2, -0.15) is 0 Å². The molecular weight excluding hydrogens is 328 g/mol. The van der Waals surface area contributed by atoms with Crippen LogP contribution in [0.15, 0.2) is 0 Å². The van der Waals surface area contributed by atoms with Crippen LogP contribution in [-0.4, -0.2) is 33.0 Å². The number of hydrogen-bond donors (Lipinski definition) is 4. The fourth-order valence-corrected chi connectivity index (χ4v) is 0. The Morgan fingerprint density at radius 2 is 0.700 bits per heavy atom. The molecule has 0 aliphatic rings. The van der Waals surface area contributed by atoms with Crippen LogP contribution in [0.1, 0.15) is 13.8 Å². The molecule has 10 heavy (non-hydrogen) atoms. The first-order valence-corrected chi connectivity index (χ1v) is 2.19. The zero-order valence-electron chi connectivity index (χ0n) is 5.55. The van der Waals surface area contributed by atoms with Crippen LogP contribution in [0.4, 0.5) is 0 Å². The third kappa shape index (κ3) is 370. The quantitative estimate of drug-likeness (QED) is 0.324. The molecule has 4 N–H and O–H groups in total. The summed E-state index contributed by atoms with van der Waals surface area (Å²) < 4.78 is 0. The second-order valence-electron chi connectivity index (χ2n) is 1.26. The minimum atomic E-state index is -1.17. The van der Waals surface area contributed by atoms with Crippen molar-refractivity contribution in [3.8, 4) is 0 Å². The maximum Gasteiger partial charge on any atom is 0.148 e. The summed E-state index contributed by atoms with van der Waals surface area (Å²) >= 11 is 0. The van der Waals surface area contributed by atoms with Crippen molar-refractivity contribution < 1.29 is 65.2 Å². The monoisotopic (exact) mass is 338 g/mol. The van der Waals surface area contributed by atoms with Gasteiger partial charge in [0.05, 0.1) is 0 Å². The van der Waals surface area contributed by atoms with Crippen molar-refractivity contribution in [3.05, 3.63) is 0 Å². The number of rotatable bonds is 0. The molecule has 0 rings (SSSR count). The van der Waals surface area contributed by atoms with Crippen LogP contribution in [0.25, 0.3) is 0 Å². The smallest absolute Gasteiger partial charge is 0.148 e. The third-order valence-electron chi connectivity index (χ3n) is 0. The molecule has 0 amide bonds. The molecule has 0 aliphatic heterocycles. The van der Waals surface area contributed by atoms with Gasteiger partial charge in [0.2, 0.25) is 0 Å². The fourth-order valence-electron chi connectivity index (χ4n) is 0. The molecule has 0 aliphatic carbocycles. The molecule has 0 unspecified atom stereocenters. The van der Waals surface area contributed by atoms with Gasteiger partial charge in [0, 0.05) is 44.8 Å². The van der Waals surface area contributed by atoms with E-state index < -0.39 is 12.6 Å². The molecule has 0 saturated heterocycles. The summed E-state index contributed by atoms with van der Waals surface area (Å²) in [5.74, 6) is 0. The van der Waals surface area contributed by atoms with Crippen LogP contribution < -0.4 is 0 Å². The van der Waals surface area contributed by atoms with Gasteiger partial charge in [0.15, 0.2) is 0 Å². The molecule has 0 fully saturated rings. The summed E-state index contributed by atoms with van der Waals surface area (Å²) in [5, 5.41) is 30.4. The molecule has 6 heteroatoms. The van der Waals surface area contributed by atoms with E-state index in [9.17, 15) is 0 Å². The van der Waals surface area contributed by atoms with Crippen molar-refractivity contribution in [1.82, 2.24) is 0 Å². The summed E-state index contributed by atoms with van der Waals surface area (Å²) in [5.41, 5.74) is 0. The Morgan fingerprint density at radius 3 is 0.700 bits per heavy atom. The Kier molecular flexibility index (Phi) is 37.6. The van der Waals surface area contributed by atoms with Crippen molar-refractivity contribution in [2.24, 2.45) is 0 Å². The van der Waals surface area contributed by atoms with E-state index in [0.717, 1.165) is 0 Å². The van der Waals surface area contributed by atoms with E-state index in [4.69, 9.17) is 20.4 Å². The van der Waals surface area contributed by atoms with Gasteiger partial charge in [-0.15, -0.1) is 0 Å². The second-order valence-corrected chi connectivity index (χ2v) is 1.26. The standard InChI is InChI=1S/2C2H6O2.2Ag/c2*1-2(3)4;;/h2*2-4H,1H3;;. The molecule has 0 aromatic heterocycles. The zero-order chi connectivity index (χ0) is 7.15. The summed E-state index contributed by atoms with van der Waals surface area (Å²) in [6.07, 6.45) is -2.33. The van der Waals surface area contributed by atoms with E-state index >= 15 is 0 Å². The molecule has 0 saturated carbocycles. The largest absolute Gasteiger partial charge is 0.368 e. The molecular formula is C4H12Ag2O4. The second kappa shape index (κ2) is 16.7.